The molecule has 1 rings (SSSR count). The van der Waals surface area contributed by atoms with Gasteiger partial charge in [-0.25, -0.2) is 0 Å². The van der Waals surface area contributed by atoms with E-state index in [1.165, 1.54) is 29.5 Å². The van der Waals surface area contributed by atoms with E-state index in [0.717, 1.165) is 18.6 Å². The van der Waals surface area contributed by atoms with E-state index in [4.69, 9.17) is 4.74 Å². The van der Waals surface area contributed by atoms with Crippen LogP contribution < -0.4 is 0 Å². The van der Waals surface area contributed by atoms with E-state index >= 15 is 0 Å². The second-order valence-electron chi connectivity index (χ2n) is 3.17. The summed E-state index contributed by atoms with van der Waals surface area (Å²) < 4.78 is 5.63. The Kier molecular flexibility index (Phi) is 3.42. The summed E-state index contributed by atoms with van der Waals surface area (Å²) in [6, 6.07) is 0. The zero-order valence-corrected chi connectivity index (χ0v) is 8.81. The van der Waals surface area contributed by atoms with Crippen LogP contribution in [0.2, 0.25) is 5.54 Å². The third-order valence-corrected chi connectivity index (χ3v) is 3.58. The Bertz CT molecular complexity index is 93.3. The van der Waals surface area contributed by atoms with Gasteiger partial charge in [0.05, 0.1) is 6.10 Å². The predicted molar refractivity (Wildman–Crippen MR) is 47.3 cm³/mol. The molecular weight excluding hydrogens is 140 g/mol. The monoisotopic (exact) mass is 157 g/mol. The highest BCUT2D eigenvalue weighted by Gasteiger charge is 2.20. The van der Waals surface area contributed by atoms with E-state index in [1.54, 1.807) is 0 Å². The first-order chi connectivity index (χ1) is 4.84. The zero-order valence-electron chi connectivity index (χ0n) is 6.81. The van der Waals surface area contributed by atoms with Gasteiger partial charge in [-0.3, -0.25) is 0 Å². The highest BCUT2D eigenvalue weighted by molar-refractivity contribution is 6.12. The van der Waals surface area contributed by atoms with Crippen molar-refractivity contribution in [3.05, 3.63) is 6.92 Å². The summed E-state index contributed by atoms with van der Waals surface area (Å²) in [5, 5.41) is 0. The van der Waals surface area contributed by atoms with Gasteiger partial charge < -0.3 is 4.74 Å². The van der Waals surface area contributed by atoms with Gasteiger partial charge in [0.25, 0.3) is 0 Å². The van der Waals surface area contributed by atoms with Crippen molar-refractivity contribution in [1.29, 1.82) is 0 Å². The number of ether oxygens (including phenoxy) is 1. The van der Waals surface area contributed by atoms with Crippen LogP contribution in [0.1, 0.15) is 25.7 Å². The van der Waals surface area contributed by atoms with Gasteiger partial charge in [-0.2, -0.15) is 0 Å². The summed E-state index contributed by atoms with van der Waals surface area (Å²) >= 11 is 0. The molecule has 0 N–H and O–H groups in total. The first-order valence-corrected chi connectivity index (χ1v) is 5.41. The molecule has 1 aliphatic heterocycles. The van der Waals surface area contributed by atoms with Crippen LogP contribution in [-0.4, -0.2) is 23.0 Å². The average molecular weight is 157 g/mol. The van der Waals surface area contributed by atoms with Crippen LogP contribution in [-0.2, 0) is 4.74 Å². The maximum absolute atomic E-state index is 5.63. The Labute approximate surface area is 66.6 Å². The molecule has 1 heterocycles. The molecule has 0 aromatic carbocycles. The second-order valence-corrected chi connectivity index (χ2v) is 4.65. The molecule has 1 radical (unpaired) electrons. The predicted octanol–water partition coefficient (Wildman–Crippen LogP) is 0.934. The van der Waals surface area contributed by atoms with Crippen molar-refractivity contribution in [2.45, 2.75) is 37.3 Å². The molecule has 1 aliphatic rings. The fourth-order valence-electron chi connectivity index (χ4n) is 1.56. The van der Waals surface area contributed by atoms with Crippen LogP contribution in [0, 0.1) is 6.92 Å². The van der Waals surface area contributed by atoms with Gasteiger partial charge >= 0.3 is 0 Å². The molecule has 2 atom stereocenters. The molecule has 0 aromatic rings. The standard InChI is InChI=1S/C8H17OSi/c1-2-4-7-8(10)5-3-6-9-7/h7-8H,1-6H2,10H3. The van der Waals surface area contributed by atoms with Gasteiger partial charge in [-0.05, 0) is 24.8 Å². The first kappa shape index (κ1) is 8.28. The Morgan fingerprint density at radius 2 is 2.40 bits per heavy atom. The summed E-state index contributed by atoms with van der Waals surface area (Å²) in [5.41, 5.74) is 0.899. The normalized spacial score (nSPS) is 34.5. The smallest absolute Gasteiger partial charge is 0.0571 e. The molecule has 1 nitrogen and oxygen atoms in total. The van der Waals surface area contributed by atoms with Gasteiger partial charge in [0.15, 0.2) is 0 Å². The van der Waals surface area contributed by atoms with E-state index in [2.05, 4.69) is 6.92 Å². The highest BCUT2D eigenvalue weighted by Crippen LogP contribution is 2.25. The minimum Gasteiger partial charge on any atom is -0.378 e. The van der Waals surface area contributed by atoms with Gasteiger partial charge in [-0.15, -0.1) is 0 Å². The van der Waals surface area contributed by atoms with Crippen molar-refractivity contribution in [2.75, 3.05) is 6.61 Å². The topological polar surface area (TPSA) is 9.23 Å². The molecule has 0 bridgehead atoms. The van der Waals surface area contributed by atoms with Crippen molar-refractivity contribution in [1.82, 2.24) is 0 Å². The Morgan fingerprint density at radius 1 is 1.60 bits per heavy atom. The van der Waals surface area contributed by atoms with Crippen LogP contribution in [0.3, 0.4) is 0 Å². The zero-order chi connectivity index (χ0) is 7.40. The molecule has 0 spiro atoms. The van der Waals surface area contributed by atoms with Crippen molar-refractivity contribution >= 4 is 10.2 Å². The Balaban J connectivity index is 2.25. The van der Waals surface area contributed by atoms with E-state index in [1.807, 2.05) is 0 Å². The van der Waals surface area contributed by atoms with Gasteiger partial charge in [0.1, 0.15) is 0 Å². The third-order valence-electron chi connectivity index (χ3n) is 2.26. The molecule has 0 saturated carbocycles. The summed E-state index contributed by atoms with van der Waals surface area (Å²) in [4.78, 5) is 0. The molecule has 1 saturated heterocycles. The Morgan fingerprint density at radius 3 is 3.00 bits per heavy atom. The summed E-state index contributed by atoms with van der Waals surface area (Å²) in [5.74, 6) is 0. The van der Waals surface area contributed by atoms with Crippen molar-refractivity contribution in [2.24, 2.45) is 0 Å². The van der Waals surface area contributed by atoms with Gasteiger partial charge in [0.2, 0.25) is 0 Å². The molecule has 0 aliphatic carbocycles. The SMILES string of the molecule is [CH2]CCC1OCCCC1[SiH3]. The average Bonchev–Trinajstić information content (AvgIpc) is 1.94. The van der Waals surface area contributed by atoms with Crippen LogP contribution in [0.5, 0.6) is 0 Å². The lowest BCUT2D eigenvalue weighted by Crippen LogP contribution is -2.25. The van der Waals surface area contributed by atoms with Crippen LogP contribution in [0.25, 0.3) is 0 Å². The molecule has 2 unspecified atom stereocenters. The third kappa shape index (κ3) is 2.10. The van der Waals surface area contributed by atoms with E-state index in [9.17, 15) is 0 Å². The Hall–Kier alpha value is 0.177. The fraction of sp³-hybridized carbons (Fsp3) is 0.875. The van der Waals surface area contributed by atoms with E-state index in [0.29, 0.717) is 6.10 Å². The van der Waals surface area contributed by atoms with E-state index < -0.39 is 0 Å². The maximum atomic E-state index is 5.63. The van der Waals surface area contributed by atoms with Gasteiger partial charge in [-0.1, -0.05) is 13.3 Å². The fourth-order valence-corrected chi connectivity index (χ4v) is 2.49. The summed E-state index contributed by atoms with van der Waals surface area (Å²) in [6.45, 7) is 4.84. The van der Waals surface area contributed by atoms with E-state index in [-0.39, 0.29) is 0 Å². The lowest BCUT2D eigenvalue weighted by atomic mass is 10.0. The number of rotatable bonds is 2. The molecular formula is C8H17OSi. The van der Waals surface area contributed by atoms with Crippen LogP contribution in [0.4, 0.5) is 0 Å². The van der Waals surface area contributed by atoms with Crippen LogP contribution in [0.15, 0.2) is 0 Å². The molecule has 10 heavy (non-hydrogen) atoms. The highest BCUT2D eigenvalue weighted by atomic mass is 28.1. The number of hydrogen-bond acceptors (Lipinski definition) is 1. The maximum Gasteiger partial charge on any atom is 0.0571 e. The van der Waals surface area contributed by atoms with Crippen molar-refractivity contribution in [3.63, 3.8) is 0 Å². The lowest BCUT2D eigenvalue weighted by Gasteiger charge is -2.28. The minimum atomic E-state index is 0.568. The quantitative estimate of drug-likeness (QED) is 0.542. The van der Waals surface area contributed by atoms with Gasteiger partial charge in [0, 0.05) is 16.8 Å². The minimum absolute atomic E-state index is 0.568. The lowest BCUT2D eigenvalue weighted by molar-refractivity contribution is 0.0127. The first-order valence-electron chi connectivity index (χ1n) is 4.25. The number of hydrogen-bond donors (Lipinski definition) is 0. The van der Waals surface area contributed by atoms with Crippen molar-refractivity contribution < 1.29 is 4.74 Å². The van der Waals surface area contributed by atoms with Crippen LogP contribution >= 0.6 is 0 Å². The molecule has 2 heteroatoms. The summed E-state index contributed by atoms with van der Waals surface area (Å²) in [7, 11) is 1.30. The molecule has 0 aromatic heterocycles. The largest absolute Gasteiger partial charge is 0.378 e. The van der Waals surface area contributed by atoms with Crippen molar-refractivity contribution in [3.8, 4) is 0 Å². The summed E-state index contributed by atoms with van der Waals surface area (Å²) in [6.07, 6.45) is 5.45. The molecule has 1 fully saturated rings. The second kappa shape index (κ2) is 4.14. The molecule has 59 valence electrons. The molecule has 0 amide bonds.